The summed E-state index contributed by atoms with van der Waals surface area (Å²) in [6.07, 6.45) is 79.6. The van der Waals surface area contributed by atoms with E-state index in [-0.39, 0.29) is 18.5 Å². The molecule has 2 unspecified atom stereocenters. The van der Waals surface area contributed by atoms with Gasteiger partial charge in [0, 0.05) is 12.8 Å². The number of amides is 1. The summed E-state index contributed by atoms with van der Waals surface area (Å²) in [4.78, 5) is 24.5. The molecule has 1 amide bonds. The largest absolute Gasteiger partial charge is 0.466 e. The number of aliphatic hydroxyl groups excluding tert-OH is 2. The normalized spacial score (nSPS) is 12.6. The van der Waals surface area contributed by atoms with Gasteiger partial charge in [0.25, 0.3) is 0 Å². The summed E-state index contributed by atoms with van der Waals surface area (Å²) in [6.45, 7) is 4.90. The molecule has 0 radical (unpaired) electrons. The first-order chi connectivity index (χ1) is 36.5. The van der Waals surface area contributed by atoms with Crippen LogP contribution in [0.1, 0.15) is 373 Å². The van der Waals surface area contributed by atoms with Gasteiger partial charge in [0.1, 0.15) is 0 Å². The molecular weight excluding hydrogens is 911 g/mol. The third kappa shape index (κ3) is 59.6. The monoisotopic (exact) mass is 1040 g/mol. The van der Waals surface area contributed by atoms with E-state index in [1.54, 1.807) is 6.08 Å². The summed E-state index contributed by atoms with van der Waals surface area (Å²) >= 11 is 0. The lowest BCUT2D eigenvalue weighted by Crippen LogP contribution is -2.45. The van der Waals surface area contributed by atoms with Gasteiger partial charge in [0.2, 0.25) is 5.91 Å². The first kappa shape index (κ1) is 72.3. The van der Waals surface area contributed by atoms with Crippen LogP contribution in [0.25, 0.3) is 0 Å². The zero-order valence-electron chi connectivity index (χ0n) is 50.1. The van der Waals surface area contributed by atoms with E-state index in [1.807, 2.05) is 6.08 Å². The highest BCUT2D eigenvalue weighted by Crippen LogP contribution is 2.19. The summed E-state index contributed by atoms with van der Waals surface area (Å²) in [7, 11) is 0. The van der Waals surface area contributed by atoms with Crippen LogP contribution in [0.2, 0.25) is 0 Å². The summed E-state index contributed by atoms with van der Waals surface area (Å²) in [5.41, 5.74) is 0. The van der Waals surface area contributed by atoms with Crippen LogP contribution in [0.5, 0.6) is 0 Å². The fourth-order valence-electron chi connectivity index (χ4n) is 10.6. The number of esters is 1. The first-order valence-corrected chi connectivity index (χ1v) is 33.6. The van der Waals surface area contributed by atoms with E-state index in [0.29, 0.717) is 19.4 Å². The van der Waals surface area contributed by atoms with Crippen LogP contribution in [-0.4, -0.2) is 47.4 Å². The van der Waals surface area contributed by atoms with Gasteiger partial charge in [-0.2, -0.15) is 0 Å². The number of nitrogens with one attached hydrogen (secondary N) is 1. The molecule has 0 rings (SSSR count). The van der Waals surface area contributed by atoms with Crippen molar-refractivity contribution in [2.45, 2.75) is 386 Å². The Morgan fingerprint density at radius 1 is 0.365 bits per heavy atom. The minimum atomic E-state index is -0.844. The Balaban J connectivity index is 3.40. The first-order valence-electron chi connectivity index (χ1n) is 33.6. The Kier molecular flexibility index (Phi) is 62.4. The molecule has 0 spiro atoms. The fourth-order valence-corrected chi connectivity index (χ4v) is 10.6. The Bertz CT molecular complexity index is 1150. The topological polar surface area (TPSA) is 95.9 Å². The van der Waals surface area contributed by atoms with Gasteiger partial charge in [-0.05, 0) is 51.4 Å². The predicted octanol–water partition coefficient (Wildman–Crippen LogP) is 21.4. The molecule has 0 bridgehead atoms. The van der Waals surface area contributed by atoms with E-state index >= 15 is 0 Å². The Labute approximate surface area is 462 Å². The second-order valence-electron chi connectivity index (χ2n) is 23.2. The Hall–Kier alpha value is -1.66. The number of rotatable bonds is 63. The van der Waals surface area contributed by atoms with Gasteiger partial charge >= 0.3 is 5.97 Å². The van der Waals surface area contributed by atoms with Crippen molar-refractivity contribution in [2.75, 3.05) is 13.2 Å². The van der Waals surface area contributed by atoms with Gasteiger partial charge in [-0.25, -0.2) is 0 Å². The van der Waals surface area contributed by atoms with E-state index in [4.69, 9.17) is 4.74 Å². The molecule has 74 heavy (non-hydrogen) atoms. The van der Waals surface area contributed by atoms with Crippen LogP contribution < -0.4 is 5.32 Å². The molecule has 0 aromatic carbocycles. The number of hydrogen-bond donors (Lipinski definition) is 3. The summed E-state index contributed by atoms with van der Waals surface area (Å²) in [6, 6.07) is -0.627. The number of hydrogen-bond acceptors (Lipinski definition) is 5. The van der Waals surface area contributed by atoms with E-state index < -0.39 is 12.1 Å². The van der Waals surface area contributed by atoms with Crippen LogP contribution in [0, 0.1) is 0 Å². The molecule has 0 saturated heterocycles. The van der Waals surface area contributed by atoms with Crippen molar-refractivity contribution in [3.05, 3.63) is 24.3 Å². The van der Waals surface area contributed by atoms with E-state index in [0.717, 1.165) is 44.9 Å². The van der Waals surface area contributed by atoms with Gasteiger partial charge < -0.3 is 20.3 Å². The molecule has 0 fully saturated rings. The van der Waals surface area contributed by atoms with E-state index in [9.17, 15) is 19.8 Å². The molecule has 0 aromatic rings. The molecule has 6 nitrogen and oxygen atoms in total. The quantitative estimate of drug-likeness (QED) is 0.0320. The van der Waals surface area contributed by atoms with Gasteiger partial charge in [0.15, 0.2) is 0 Å². The number of allylic oxidation sites excluding steroid dienone is 3. The van der Waals surface area contributed by atoms with Crippen molar-refractivity contribution in [3.8, 4) is 0 Å². The number of aliphatic hydroxyl groups is 2. The maximum Gasteiger partial charge on any atom is 0.305 e. The molecule has 2 atom stereocenters. The minimum absolute atomic E-state index is 0.00534. The standard InChI is InChI=1S/C68H131NO5/c1-3-5-7-9-11-13-15-16-17-18-19-25-28-31-34-37-41-44-48-52-56-60-66(71)65(64-70)69-67(72)61-57-53-49-45-42-38-35-32-29-26-23-21-20-22-24-27-30-33-36-39-43-47-51-55-59-63-74-68(73)62-58-54-50-46-40-14-12-10-8-6-4-2/h10,12,56,60,65-66,70-71H,3-9,11,13-55,57-59,61-64H2,1-2H3,(H,69,72)/b12-10-,60-56+. The summed E-state index contributed by atoms with van der Waals surface area (Å²) < 4.78 is 5.46. The lowest BCUT2D eigenvalue weighted by molar-refractivity contribution is -0.143. The second kappa shape index (κ2) is 63.9. The number of ether oxygens (including phenoxy) is 1. The molecular formula is C68H131NO5. The average Bonchev–Trinajstić information content (AvgIpc) is 3.40. The van der Waals surface area contributed by atoms with Crippen LogP contribution >= 0.6 is 0 Å². The third-order valence-electron chi connectivity index (χ3n) is 15.7. The van der Waals surface area contributed by atoms with Gasteiger partial charge in [-0.15, -0.1) is 0 Å². The Morgan fingerprint density at radius 2 is 0.649 bits per heavy atom. The molecule has 0 aliphatic heterocycles. The molecule has 3 N–H and O–H groups in total. The highest BCUT2D eigenvalue weighted by molar-refractivity contribution is 5.76. The van der Waals surface area contributed by atoms with Crippen molar-refractivity contribution in [3.63, 3.8) is 0 Å². The second-order valence-corrected chi connectivity index (χ2v) is 23.2. The molecule has 438 valence electrons. The van der Waals surface area contributed by atoms with Gasteiger partial charge in [0.05, 0.1) is 25.4 Å². The van der Waals surface area contributed by atoms with E-state index in [2.05, 4.69) is 31.3 Å². The highest BCUT2D eigenvalue weighted by atomic mass is 16.5. The van der Waals surface area contributed by atoms with Crippen molar-refractivity contribution in [2.24, 2.45) is 0 Å². The predicted molar refractivity (Wildman–Crippen MR) is 324 cm³/mol. The molecule has 0 heterocycles. The van der Waals surface area contributed by atoms with Crippen molar-refractivity contribution < 1.29 is 24.5 Å². The number of carbonyl (C=O) groups is 2. The molecule has 0 aliphatic rings. The fraction of sp³-hybridized carbons (Fsp3) is 0.912. The van der Waals surface area contributed by atoms with Gasteiger partial charge in [-0.1, -0.05) is 334 Å². The smallest absolute Gasteiger partial charge is 0.305 e. The van der Waals surface area contributed by atoms with E-state index in [1.165, 1.54) is 302 Å². The summed E-state index contributed by atoms with van der Waals surface area (Å²) in [5, 5.41) is 23.2. The highest BCUT2D eigenvalue weighted by Gasteiger charge is 2.18. The molecule has 6 heteroatoms. The van der Waals surface area contributed by atoms with Crippen LogP contribution in [0.3, 0.4) is 0 Å². The van der Waals surface area contributed by atoms with Crippen molar-refractivity contribution in [1.82, 2.24) is 5.32 Å². The molecule has 0 aliphatic carbocycles. The maximum absolute atomic E-state index is 12.5. The van der Waals surface area contributed by atoms with Gasteiger partial charge in [-0.3, -0.25) is 9.59 Å². The summed E-state index contributed by atoms with van der Waals surface area (Å²) in [5.74, 6) is -0.0572. The molecule has 0 saturated carbocycles. The van der Waals surface area contributed by atoms with Crippen LogP contribution in [0.4, 0.5) is 0 Å². The SMILES string of the molecule is CCCC/C=C\CCCCCCCC(=O)OCCCCCCCCCCCCCCCCCCCCCCCCCCCC(=O)NC(CO)C(O)/C=C/CCCCCCCCCCCCCCCCCCCCC. The minimum Gasteiger partial charge on any atom is -0.466 e. The average molecular weight is 1040 g/mol. The Morgan fingerprint density at radius 3 is 1.00 bits per heavy atom. The lowest BCUT2D eigenvalue weighted by atomic mass is 10.0. The maximum atomic E-state index is 12.5. The van der Waals surface area contributed by atoms with Crippen molar-refractivity contribution in [1.29, 1.82) is 0 Å². The zero-order chi connectivity index (χ0) is 53.6. The van der Waals surface area contributed by atoms with Crippen LogP contribution in [-0.2, 0) is 14.3 Å². The zero-order valence-corrected chi connectivity index (χ0v) is 50.1. The van der Waals surface area contributed by atoms with Crippen LogP contribution in [0.15, 0.2) is 24.3 Å². The van der Waals surface area contributed by atoms with Crippen molar-refractivity contribution >= 4 is 11.9 Å². The number of unbranched alkanes of at least 4 members (excludes halogenated alkanes) is 50. The molecule has 0 aromatic heterocycles. The lowest BCUT2D eigenvalue weighted by Gasteiger charge is -2.20. The third-order valence-corrected chi connectivity index (χ3v) is 15.7. The number of carbonyl (C=O) groups excluding carboxylic acids is 2.